The lowest BCUT2D eigenvalue weighted by molar-refractivity contribution is 0.207. The highest BCUT2D eigenvalue weighted by Gasteiger charge is 2.09. The summed E-state index contributed by atoms with van der Waals surface area (Å²) in [5, 5.41) is 11.6. The van der Waals surface area contributed by atoms with Crippen molar-refractivity contribution in [3.8, 4) is 6.07 Å². The summed E-state index contributed by atoms with van der Waals surface area (Å²) in [7, 11) is 1.68. The molecule has 0 aromatic heterocycles. The number of rotatable bonds is 5. The summed E-state index contributed by atoms with van der Waals surface area (Å²) in [6, 6.07) is 15.5. The van der Waals surface area contributed by atoms with E-state index >= 15 is 0 Å². The Morgan fingerprint density at radius 1 is 1.26 bits per heavy atom. The van der Waals surface area contributed by atoms with Crippen molar-refractivity contribution in [3.05, 3.63) is 71.0 Å². The Morgan fingerprint density at radius 3 is 2.78 bits per heavy atom. The summed E-state index contributed by atoms with van der Waals surface area (Å²) in [5.74, 6) is -0.261. The highest BCUT2D eigenvalue weighted by molar-refractivity contribution is 5.73. The number of carbonyl (C=O) groups excluding carboxylic acids is 1. The van der Waals surface area contributed by atoms with Crippen LogP contribution < -0.4 is 5.32 Å². The number of amides is 2. The Hall–Kier alpha value is -2.87. The van der Waals surface area contributed by atoms with Crippen molar-refractivity contribution in [3.63, 3.8) is 0 Å². The van der Waals surface area contributed by atoms with Crippen LogP contribution in [0.4, 0.5) is 9.18 Å². The van der Waals surface area contributed by atoms with Crippen LogP contribution in [0, 0.1) is 17.1 Å². The van der Waals surface area contributed by atoms with E-state index in [0.717, 1.165) is 5.56 Å². The zero-order chi connectivity index (χ0) is 16.7. The third-order valence-electron chi connectivity index (χ3n) is 3.45. The van der Waals surface area contributed by atoms with Gasteiger partial charge in [-0.15, -0.1) is 0 Å². The second kappa shape index (κ2) is 7.95. The first-order valence-corrected chi connectivity index (χ1v) is 7.31. The van der Waals surface area contributed by atoms with Crippen molar-refractivity contribution < 1.29 is 9.18 Å². The van der Waals surface area contributed by atoms with Crippen molar-refractivity contribution in [2.45, 2.75) is 13.0 Å². The number of carbonyl (C=O) groups is 1. The lowest BCUT2D eigenvalue weighted by Crippen LogP contribution is -2.37. The van der Waals surface area contributed by atoms with Crippen molar-refractivity contribution in [1.82, 2.24) is 10.2 Å². The maximum atomic E-state index is 13.5. The van der Waals surface area contributed by atoms with Crippen LogP contribution in [0.3, 0.4) is 0 Å². The monoisotopic (exact) mass is 311 g/mol. The molecule has 4 nitrogen and oxygen atoms in total. The number of hydrogen-bond donors (Lipinski definition) is 1. The van der Waals surface area contributed by atoms with E-state index in [4.69, 9.17) is 5.26 Å². The molecule has 0 radical (unpaired) electrons. The van der Waals surface area contributed by atoms with Crippen LogP contribution in [0.5, 0.6) is 0 Å². The third-order valence-corrected chi connectivity index (χ3v) is 3.45. The van der Waals surface area contributed by atoms with E-state index in [9.17, 15) is 9.18 Å². The summed E-state index contributed by atoms with van der Waals surface area (Å²) < 4.78 is 13.5. The van der Waals surface area contributed by atoms with Crippen molar-refractivity contribution in [2.75, 3.05) is 13.6 Å². The minimum Gasteiger partial charge on any atom is -0.338 e. The van der Waals surface area contributed by atoms with Crippen molar-refractivity contribution >= 4 is 6.03 Å². The number of nitrogens with one attached hydrogen (secondary N) is 1. The first-order chi connectivity index (χ1) is 11.1. The van der Waals surface area contributed by atoms with Gasteiger partial charge in [0.2, 0.25) is 0 Å². The summed E-state index contributed by atoms with van der Waals surface area (Å²) >= 11 is 0. The quantitative estimate of drug-likeness (QED) is 0.922. The van der Waals surface area contributed by atoms with Crippen LogP contribution in [-0.2, 0) is 13.0 Å². The Labute approximate surface area is 135 Å². The van der Waals surface area contributed by atoms with Crippen LogP contribution in [0.15, 0.2) is 48.5 Å². The summed E-state index contributed by atoms with van der Waals surface area (Å²) in [5.41, 5.74) is 2.03. The number of benzene rings is 2. The number of hydrogen-bond acceptors (Lipinski definition) is 2. The van der Waals surface area contributed by atoms with E-state index in [-0.39, 0.29) is 11.8 Å². The predicted molar refractivity (Wildman–Crippen MR) is 86.1 cm³/mol. The number of nitriles is 1. The molecule has 0 saturated heterocycles. The molecule has 23 heavy (non-hydrogen) atoms. The van der Waals surface area contributed by atoms with Crippen molar-refractivity contribution in [1.29, 1.82) is 5.26 Å². The maximum Gasteiger partial charge on any atom is 0.317 e. The van der Waals surface area contributed by atoms with Gasteiger partial charge < -0.3 is 10.2 Å². The van der Waals surface area contributed by atoms with E-state index in [0.29, 0.717) is 30.6 Å². The minimum absolute atomic E-state index is 0.233. The van der Waals surface area contributed by atoms with Gasteiger partial charge in [0.25, 0.3) is 0 Å². The van der Waals surface area contributed by atoms with Crippen LogP contribution >= 0.6 is 0 Å². The van der Waals surface area contributed by atoms with E-state index in [2.05, 4.69) is 11.4 Å². The molecule has 2 amide bonds. The van der Waals surface area contributed by atoms with Gasteiger partial charge in [0.05, 0.1) is 11.6 Å². The molecule has 118 valence electrons. The van der Waals surface area contributed by atoms with Crippen LogP contribution in [0.2, 0.25) is 0 Å². The molecular weight excluding hydrogens is 293 g/mol. The van der Waals surface area contributed by atoms with Gasteiger partial charge in [-0.05, 0) is 35.7 Å². The number of nitrogens with zero attached hydrogens (tertiary/aromatic N) is 2. The smallest absolute Gasteiger partial charge is 0.317 e. The third kappa shape index (κ3) is 4.82. The average Bonchev–Trinajstić information content (AvgIpc) is 2.56. The van der Waals surface area contributed by atoms with Crippen LogP contribution in [0.1, 0.15) is 16.7 Å². The highest BCUT2D eigenvalue weighted by Crippen LogP contribution is 2.08. The van der Waals surface area contributed by atoms with Crippen molar-refractivity contribution in [2.24, 2.45) is 0 Å². The Morgan fingerprint density at radius 2 is 2.04 bits per heavy atom. The summed E-state index contributed by atoms with van der Waals surface area (Å²) in [4.78, 5) is 13.6. The first kappa shape index (κ1) is 16.5. The lowest BCUT2D eigenvalue weighted by Gasteiger charge is -2.18. The molecule has 2 rings (SSSR count). The Kier molecular flexibility index (Phi) is 5.70. The number of urea groups is 1. The average molecular weight is 311 g/mol. The molecule has 1 N–H and O–H groups in total. The molecule has 2 aromatic carbocycles. The van der Waals surface area contributed by atoms with Gasteiger partial charge in [0, 0.05) is 20.1 Å². The molecule has 0 aliphatic rings. The van der Waals surface area contributed by atoms with Gasteiger partial charge >= 0.3 is 6.03 Å². The minimum atomic E-state index is -0.261. The summed E-state index contributed by atoms with van der Waals surface area (Å²) in [6.45, 7) is 0.767. The van der Waals surface area contributed by atoms with Gasteiger partial charge in [-0.25, -0.2) is 9.18 Å². The second-order valence-electron chi connectivity index (χ2n) is 5.24. The topological polar surface area (TPSA) is 56.1 Å². The molecule has 0 heterocycles. The predicted octanol–water partition coefficient (Wildman–Crippen LogP) is 3.08. The Bertz CT molecular complexity index is 724. The largest absolute Gasteiger partial charge is 0.338 e. The molecule has 0 aliphatic carbocycles. The zero-order valence-corrected chi connectivity index (χ0v) is 12.9. The molecule has 5 heteroatoms. The SMILES string of the molecule is CN(Cc1cccc(C#N)c1)C(=O)NCCc1ccccc1F. The normalized spacial score (nSPS) is 9.96. The van der Waals surface area contributed by atoms with E-state index in [1.165, 1.54) is 11.0 Å². The molecule has 0 atom stereocenters. The van der Waals surface area contributed by atoms with Gasteiger partial charge in [0.1, 0.15) is 5.82 Å². The summed E-state index contributed by atoms with van der Waals surface area (Å²) in [6.07, 6.45) is 0.441. The highest BCUT2D eigenvalue weighted by atomic mass is 19.1. The standard InChI is InChI=1S/C18H18FN3O/c1-22(13-15-6-4-5-14(11-15)12-20)18(23)21-10-9-16-7-2-3-8-17(16)19/h2-8,11H,9-10,13H2,1H3,(H,21,23). The van der Waals surface area contributed by atoms with Crippen LogP contribution in [-0.4, -0.2) is 24.5 Å². The molecule has 0 fully saturated rings. The van der Waals surface area contributed by atoms with E-state index in [1.54, 1.807) is 43.4 Å². The first-order valence-electron chi connectivity index (χ1n) is 7.31. The fraction of sp³-hybridized carbons (Fsp3) is 0.222. The molecule has 0 saturated carbocycles. The fourth-order valence-corrected chi connectivity index (χ4v) is 2.23. The molecule has 0 spiro atoms. The number of halogens is 1. The molecule has 0 bridgehead atoms. The molecule has 0 unspecified atom stereocenters. The Balaban J connectivity index is 1.83. The fourth-order valence-electron chi connectivity index (χ4n) is 2.23. The van der Waals surface area contributed by atoms with Crippen LogP contribution in [0.25, 0.3) is 0 Å². The van der Waals surface area contributed by atoms with Gasteiger partial charge in [-0.3, -0.25) is 0 Å². The second-order valence-corrected chi connectivity index (χ2v) is 5.24. The maximum absolute atomic E-state index is 13.5. The van der Waals surface area contributed by atoms with Gasteiger partial charge in [-0.2, -0.15) is 5.26 Å². The van der Waals surface area contributed by atoms with E-state index in [1.807, 2.05) is 6.07 Å². The zero-order valence-electron chi connectivity index (χ0n) is 12.9. The van der Waals surface area contributed by atoms with E-state index < -0.39 is 0 Å². The molecule has 0 aliphatic heterocycles. The molecule has 2 aromatic rings. The molecular formula is C18H18FN3O. The van der Waals surface area contributed by atoms with Gasteiger partial charge in [-0.1, -0.05) is 30.3 Å². The van der Waals surface area contributed by atoms with Gasteiger partial charge in [0.15, 0.2) is 0 Å². The lowest BCUT2D eigenvalue weighted by atomic mass is 10.1.